The van der Waals surface area contributed by atoms with E-state index in [1.54, 1.807) is 0 Å². The number of benzene rings is 1. The van der Waals surface area contributed by atoms with Crippen molar-refractivity contribution in [2.24, 2.45) is 5.41 Å². The third kappa shape index (κ3) is 3.17. The van der Waals surface area contributed by atoms with Crippen LogP contribution in [-0.4, -0.2) is 49.1 Å². The summed E-state index contributed by atoms with van der Waals surface area (Å²) in [5.41, 5.74) is 2.37. The number of aryl methyl sites for hydroxylation is 1. The Morgan fingerprint density at radius 1 is 1.36 bits per heavy atom. The lowest BCUT2D eigenvalue weighted by Crippen LogP contribution is -2.52. The van der Waals surface area contributed by atoms with Gasteiger partial charge in [0.25, 0.3) is 0 Å². The Morgan fingerprint density at radius 3 is 2.88 bits per heavy atom. The molecule has 4 rings (SSSR count). The molecule has 3 aliphatic rings. The molecule has 0 radical (unpaired) electrons. The Hall–Kier alpha value is -2.24. The number of para-hydroxylation sites is 1. The number of likely N-dealkylation sites (tertiary alicyclic amines) is 1. The number of hydrogen-bond donors (Lipinski definition) is 2. The summed E-state index contributed by atoms with van der Waals surface area (Å²) in [6, 6.07) is 6.13. The highest BCUT2D eigenvalue weighted by molar-refractivity contribution is 5.79. The fourth-order valence-corrected chi connectivity index (χ4v) is 4.24. The number of carbonyl (C=O) groups excluding carboxylic acids is 2. The molecule has 6 heteroatoms. The highest BCUT2D eigenvalue weighted by Gasteiger charge is 2.41. The van der Waals surface area contributed by atoms with Gasteiger partial charge in [0.2, 0.25) is 5.91 Å². The van der Waals surface area contributed by atoms with Crippen LogP contribution >= 0.6 is 0 Å². The van der Waals surface area contributed by atoms with E-state index in [4.69, 9.17) is 4.74 Å². The third-order valence-electron chi connectivity index (χ3n) is 5.82. The SMILES string of the molecule is Cc1cccc2c1OCC(NC(=O)N1CCC3(CC1)CNC(=O)C3)C2. The summed E-state index contributed by atoms with van der Waals surface area (Å²) in [4.78, 5) is 26.0. The summed E-state index contributed by atoms with van der Waals surface area (Å²) in [6.07, 6.45) is 3.19. The molecule has 1 aromatic rings. The van der Waals surface area contributed by atoms with Crippen LogP contribution in [0.25, 0.3) is 0 Å². The molecule has 1 atom stereocenters. The average molecular weight is 343 g/mol. The van der Waals surface area contributed by atoms with E-state index in [2.05, 4.69) is 16.7 Å². The minimum atomic E-state index is -0.0168. The topological polar surface area (TPSA) is 70.7 Å². The van der Waals surface area contributed by atoms with Crippen LogP contribution in [-0.2, 0) is 11.2 Å². The standard InChI is InChI=1S/C19H25N3O3/c1-13-3-2-4-14-9-15(11-25-17(13)14)21-18(24)22-7-5-19(6-8-22)10-16(23)20-12-19/h2-4,15H,5-12H2,1H3,(H,20,23)(H,21,24). The number of nitrogens with zero attached hydrogens (tertiary/aromatic N) is 1. The smallest absolute Gasteiger partial charge is 0.317 e. The molecule has 6 nitrogen and oxygen atoms in total. The highest BCUT2D eigenvalue weighted by Crippen LogP contribution is 2.37. The van der Waals surface area contributed by atoms with Crippen molar-refractivity contribution in [2.75, 3.05) is 26.2 Å². The number of piperidine rings is 1. The fraction of sp³-hybridized carbons (Fsp3) is 0.579. The van der Waals surface area contributed by atoms with Crippen molar-refractivity contribution in [3.05, 3.63) is 29.3 Å². The van der Waals surface area contributed by atoms with Crippen LogP contribution in [0.15, 0.2) is 18.2 Å². The first-order valence-electron chi connectivity index (χ1n) is 9.08. The van der Waals surface area contributed by atoms with Gasteiger partial charge in [-0.1, -0.05) is 18.2 Å². The molecule has 1 unspecified atom stereocenters. The van der Waals surface area contributed by atoms with E-state index in [-0.39, 0.29) is 23.4 Å². The Morgan fingerprint density at radius 2 is 2.16 bits per heavy atom. The van der Waals surface area contributed by atoms with Crippen molar-refractivity contribution in [1.82, 2.24) is 15.5 Å². The first-order valence-corrected chi connectivity index (χ1v) is 9.08. The molecule has 0 bridgehead atoms. The van der Waals surface area contributed by atoms with Crippen molar-refractivity contribution in [2.45, 2.75) is 38.6 Å². The number of ether oxygens (including phenoxy) is 1. The number of nitrogens with one attached hydrogen (secondary N) is 2. The van der Waals surface area contributed by atoms with Crippen molar-refractivity contribution < 1.29 is 14.3 Å². The molecule has 0 aliphatic carbocycles. The molecule has 2 N–H and O–H groups in total. The van der Waals surface area contributed by atoms with Crippen LogP contribution in [0.2, 0.25) is 0 Å². The summed E-state index contributed by atoms with van der Waals surface area (Å²) < 4.78 is 5.86. The van der Waals surface area contributed by atoms with Gasteiger partial charge in [-0.15, -0.1) is 0 Å². The second kappa shape index (κ2) is 6.24. The van der Waals surface area contributed by atoms with Crippen LogP contribution in [0.4, 0.5) is 4.79 Å². The van der Waals surface area contributed by atoms with Crippen molar-refractivity contribution in [3.63, 3.8) is 0 Å². The Bertz CT molecular complexity index is 695. The predicted octanol–water partition coefficient (Wildman–Crippen LogP) is 1.61. The van der Waals surface area contributed by atoms with E-state index in [1.807, 2.05) is 24.0 Å². The summed E-state index contributed by atoms with van der Waals surface area (Å²) in [7, 11) is 0. The van der Waals surface area contributed by atoms with Crippen molar-refractivity contribution in [3.8, 4) is 5.75 Å². The molecule has 2 saturated heterocycles. The summed E-state index contributed by atoms with van der Waals surface area (Å²) in [5, 5.41) is 6.05. The third-order valence-corrected chi connectivity index (χ3v) is 5.82. The molecular weight excluding hydrogens is 318 g/mol. The van der Waals surface area contributed by atoms with E-state index >= 15 is 0 Å². The van der Waals surface area contributed by atoms with Gasteiger partial charge in [0.1, 0.15) is 12.4 Å². The van der Waals surface area contributed by atoms with Gasteiger partial charge in [0, 0.05) is 26.1 Å². The van der Waals surface area contributed by atoms with Crippen LogP contribution in [0, 0.1) is 12.3 Å². The molecule has 3 amide bonds. The van der Waals surface area contributed by atoms with Crippen LogP contribution in [0.5, 0.6) is 5.75 Å². The first kappa shape index (κ1) is 16.2. The van der Waals surface area contributed by atoms with Gasteiger partial charge in [0.05, 0.1) is 6.04 Å². The second-order valence-electron chi connectivity index (χ2n) is 7.67. The molecule has 3 aliphatic heterocycles. The maximum Gasteiger partial charge on any atom is 0.317 e. The van der Waals surface area contributed by atoms with Crippen molar-refractivity contribution >= 4 is 11.9 Å². The van der Waals surface area contributed by atoms with Gasteiger partial charge in [-0.2, -0.15) is 0 Å². The van der Waals surface area contributed by atoms with Gasteiger partial charge in [-0.25, -0.2) is 4.79 Å². The number of carbonyl (C=O) groups is 2. The number of urea groups is 1. The van der Waals surface area contributed by atoms with Crippen LogP contribution in [0.1, 0.15) is 30.4 Å². The summed E-state index contributed by atoms with van der Waals surface area (Å²) in [5.74, 6) is 1.11. The molecule has 0 aromatic heterocycles. The molecule has 25 heavy (non-hydrogen) atoms. The molecule has 1 spiro atoms. The zero-order chi connectivity index (χ0) is 17.4. The lowest BCUT2D eigenvalue weighted by Gasteiger charge is -2.39. The Kier molecular flexibility index (Phi) is 4.06. The maximum atomic E-state index is 12.6. The van der Waals surface area contributed by atoms with Crippen LogP contribution in [0.3, 0.4) is 0 Å². The predicted molar refractivity (Wildman–Crippen MR) is 93.6 cm³/mol. The van der Waals surface area contributed by atoms with Crippen LogP contribution < -0.4 is 15.4 Å². The number of fused-ring (bicyclic) bond motifs is 1. The molecular formula is C19H25N3O3. The zero-order valence-electron chi connectivity index (χ0n) is 14.6. The molecule has 134 valence electrons. The lowest BCUT2D eigenvalue weighted by atomic mass is 9.78. The molecule has 1 aromatic carbocycles. The van der Waals surface area contributed by atoms with E-state index in [9.17, 15) is 9.59 Å². The van der Waals surface area contributed by atoms with E-state index in [0.29, 0.717) is 26.1 Å². The van der Waals surface area contributed by atoms with Crippen molar-refractivity contribution in [1.29, 1.82) is 0 Å². The fourth-order valence-electron chi connectivity index (χ4n) is 4.24. The zero-order valence-corrected chi connectivity index (χ0v) is 14.6. The second-order valence-corrected chi connectivity index (χ2v) is 7.67. The number of amides is 3. The first-order chi connectivity index (χ1) is 12.0. The molecule has 0 saturated carbocycles. The summed E-state index contributed by atoms with van der Waals surface area (Å²) >= 11 is 0. The Labute approximate surface area is 147 Å². The van der Waals surface area contributed by atoms with Gasteiger partial charge >= 0.3 is 6.03 Å². The number of hydrogen-bond acceptors (Lipinski definition) is 3. The van der Waals surface area contributed by atoms with E-state index in [1.165, 1.54) is 0 Å². The Balaban J connectivity index is 1.32. The highest BCUT2D eigenvalue weighted by atomic mass is 16.5. The largest absolute Gasteiger partial charge is 0.491 e. The average Bonchev–Trinajstić information content (AvgIpc) is 2.96. The quantitative estimate of drug-likeness (QED) is 0.814. The molecule has 3 heterocycles. The monoisotopic (exact) mass is 343 g/mol. The minimum Gasteiger partial charge on any atom is -0.491 e. The van der Waals surface area contributed by atoms with E-state index in [0.717, 1.165) is 42.7 Å². The lowest BCUT2D eigenvalue weighted by molar-refractivity contribution is -0.119. The van der Waals surface area contributed by atoms with Gasteiger partial charge < -0.3 is 20.3 Å². The van der Waals surface area contributed by atoms with Gasteiger partial charge in [-0.3, -0.25) is 4.79 Å². The van der Waals surface area contributed by atoms with Gasteiger partial charge in [-0.05, 0) is 42.7 Å². The minimum absolute atomic E-state index is 0.00686. The molecule has 2 fully saturated rings. The number of rotatable bonds is 1. The normalized spacial score (nSPS) is 24.4. The van der Waals surface area contributed by atoms with E-state index < -0.39 is 0 Å². The van der Waals surface area contributed by atoms with Gasteiger partial charge in [0.15, 0.2) is 0 Å². The maximum absolute atomic E-state index is 12.6. The summed E-state index contributed by atoms with van der Waals surface area (Å²) in [6.45, 7) is 4.74.